The first-order valence-electron chi connectivity index (χ1n) is 8.23. The maximum Gasteiger partial charge on any atom is 0.240 e. The van der Waals surface area contributed by atoms with Crippen molar-refractivity contribution in [3.8, 4) is 0 Å². The molecule has 1 saturated heterocycles. The number of nitrogens with one attached hydrogen (secondary N) is 1. The molecule has 0 bridgehead atoms. The van der Waals surface area contributed by atoms with Gasteiger partial charge >= 0.3 is 0 Å². The van der Waals surface area contributed by atoms with E-state index in [1.165, 1.54) is 4.31 Å². The highest BCUT2D eigenvalue weighted by atomic mass is 32.2. The molecule has 1 aromatic rings. The Kier molecular flexibility index (Phi) is 6.61. The third kappa shape index (κ3) is 5.75. The molecule has 0 aliphatic carbocycles. The van der Waals surface area contributed by atoms with Gasteiger partial charge in [-0.05, 0) is 43.9 Å². The fraction of sp³-hybridized carbons (Fsp3) is 0.625. The molecule has 7 nitrogen and oxygen atoms in total. The van der Waals surface area contributed by atoms with Gasteiger partial charge in [0.2, 0.25) is 20.0 Å². The van der Waals surface area contributed by atoms with Gasteiger partial charge in [0.1, 0.15) is 0 Å². The molecular weight excluding hydrogens is 364 g/mol. The molecule has 0 radical (unpaired) electrons. The summed E-state index contributed by atoms with van der Waals surface area (Å²) in [7, 11) is -7.12. The molecule has 9 heteroatoms. The Balaban J connectivity index is 2.01. The normalized spacial score (nSPS) is 18.8. The van der Waals surface area contributed by atoms with E-state index in [2.05, 4.69) is 4.72 Å². The minimum absolute atomic E-state index is 0.00943. The lowest BCUT2D eigenvalue weighted by molar-refractivity contribution is 0.0943. The van der Waals surface area contributed by atoms with Crippen molar-refractivity contribution in [1.82, 2.24) is 9.03 Å². The van der Waals surface area contributed by atoms with E-state index < -0.39 is 20.0 Å². The number of benzene rings is 1. The van der Waals surface area contributed by atoms with Crippen LogP contribution < -0.4 is 4.72 Å². The van der Waals surface area contributed by atoms with E-state index in [0.717, 1.165) is 24.7 Å². The Morgan fingerprint density at radius 1 is 1.24 bits per heavy atom. The molecule has 1 N–H and O–H groups in total. The van der Waals surface area contributed by atoms with Crippen LogP contribution in [0, 0.1) is 13.8 Å². The highest BCUT2D eigenvalue weighted by Crippen LogP contribution is 2.17. The van der Waals surface area contributed by atoms with Crippen LogP contribution in [0.5, 0.6) is 0 Å². The average molecular weight is 391 g/mol. The van der Waals surface area contributed by atoms with Crippen molar-refractivity contribution in [2.75, 3.05) is 32.5 Å². The van der Waals surface area contributed by atoms with Crippen LogP contribution in [0.15, 0.2) is 23.1 Å². The molecule has 1 heterocycles. The van der Waals surface area contributed by atoms with Gasteiger partial charge in [-0.3, -0.25) is 0 Å². The van der Waals surface area contributed by atoms with E-state index >= 15 is 0 Å². The van der Waals surface area contributed by atoms with Gasteiger partial charge in [-0.2, -0.15) is 4.31 Å². The number of rotatable bonds is 8. The molecule has 25 heavy (non-hydrogen) atoms. The topological polar surface area (TPSA) is 92.8 Å². The van der Waals surface area contributed by atoms with Gasteiger partial charge in [0.05, 0.1) is 17.3 Å². The van der Waals surface area contributed by atoms with Crippen LogP contribution in [0.4, 0.5) is 0 Å². The molecular formula is C16H26N2O5S2. The quantitative estimate of drug-likeness (QED) is 0.715. The van der Waals surface area contributed by atoms with Gasteiger partial charge in [0, 0.05) is 26.2 Å². The van der Waals surface area contributed by atoms with Crippen LogP contribution in [-0.4, -0.2) is 59.7 Å². The molecule has 1 aliphatic heterocycles. The number of aryl methyl sites for hydroxylation is 2. The van der Waals surface area contributed by atoms with Gasteiger partial charge in [0.15, 0.2) is 0 Å². The fourth-order valence-electron chi connectivity index (χ4n) is 2.79. The van der Waals surface area contributed by atoms with Crippen molar-refractivity contribution < 1.29 is 21.6 Å². The number of nitrogens with zero attached hydrogens (tertiary/aromatic N) is 1. The first-order valence-corrected chi connectivity index (χ1v) is 11.6. The summed E-state index contributed by atoms with van der Waals surface area (Å²) < 4.78 is 58.1. The van der Waals surface area contributed by atoms with E-state index in [0.29, 0.717) is 12.2 Å². The first-order chi connectivity index (χ1) is 11.6. The predicted octanol–water partition coefficient (Wildman–Crippen LogP) is 1.02. The molecule has 2 rings (SSSR count). The maximum absolute atomic E-state index is 12.5. The Hall–Kier alpha value is -1.00. The van der Waals surface area contributed by atoms with E-state index in [1.54, 1.807) is 19.1 Å². The predicted molar refractivity (Wildman–Crippen MR) is 96.5 cm³/mol. The molecule has 0 saturated carbocycles. The highest BCUT2D eigenvalue weighted by Gasteiger charge is 2.25. The van der Waals surface area contributed by atoms with Crippen molar-refractivity contribution in [1.29, 1.82) is 0 Å². The van der Waals surface area contributed by atoms with Crippen LogP contribution in [0.1, 0.15) is 24.0 Å². The summed E-state index contributed by atoms with van der Waals surface area (Å²) >= 11 is 0. The second kappa shape index (κ2) is 8.13. The van der Waals surface area contributed by atoms with E-state index in [4.69, 9.17) is 4.74 Å². The van der Waals surface area contributed by atoms with E-state index in [9.17, 15) is 16.8 Å². The van der Waals surface area contributed by atoms with Crippen LogP contribution in [0.25, 0.3) is 0 Å². The molecule has 1 aliphatic rings. The molecule has 142 valence electrons. The average Bonchev–Trinajstić information content (AvgIpc) is 3.00. The monoisotopic (exact) mass is 390 g/mol. The lowest BCUT2D eigenvalue weighted by Gasteiger charge is -2.23. The lowest BCUT2D eigenvalue weighted by Crippen LogP contribution is -2.41. The maximum atomic E-state index is 12.5. The summed E-state index contributed by atoms with van der Waals surface area (Å²) in [5, 5.41) is 0. The SMILES string of the molecule is Cc1ccc(C)c(S(=O)(=O)NCCN(CC2CCCO2)S(C)(=O)=O)c1. The first kappa shape index (κ1) is 20.3. The van der Waals surface area contributed by atoms with Gasteiger partial charge < -0.3 is 4.74 Å². The van der Waals surface area contributed by atoms with Gasteiger partial charge in [-0.15, -0.1) is 0 Å². The minimum atomic E-state index is -3.68. The van der Waals surface area contributed by atoms with Crippen molar-refractivity contribution in [3.63, 3.8) is 0 Å². The Bertz CT molecular complexity index is 800. The minimum Gasteiger partial charge on any atom is -0.377 e. The van der Waals surface area contributed by atoms with Crippen LogP contribution >= 0.6 is 0 Å². The second-order valence-electron chi connectivity index (χ2n) is 6.42. The largest absolute Gasteiger partial charge is 0.377 e. The third-order valence-corrected chi connectivity index (χ3v) is 7.06. The third-order valence-electron chi connectivity index (χ3n) is 4.19. The molecule has 0 amide bonds. The highest BCUT2D eigenvalue weighted by molar-refractivity contribution is 7.89. The van der Waals surface area contributed by atoms with Crippen molar-refractivity contribution in [2.24, 2.45) is 0 Å². The second-order valence-corrected chi connectivity index (χ2v) is 10.1. The summed E-state index contributed by atoms with van der Waals surface area (Å²) in [4.78, 5) is 0.220. The number of hydrogen-bond donors (Lipinski definition) is 1. The molecule has 1 aromatic carbocycles. The van der Waals surface area contributed by atoms with Gasteiger partial charge in [0.25, 0.3) is 0 Å². The Morgan fingerprint density at radius 2 is 1.96 bits per heavy atom. The van der Waals surface area contributed by atoms with E-state index in [1.807, 2.05) is 13.0 Å². The Labute approximate surface area is 150 Å². The fourth-order valence-corrected chi connectivity index (χ4v) is 5.00. The summed E-state index contributed by atoms with van der Waals surface area (Å²) in [5.74, 6) is 0. The van der Waals surface area contributed by atoms with Crippen LogP contribution in [0.2, 0.25) is 0 Å². The molecule has 1 atom stereocenters. The van der Waals surface area contributed by atoms with Crippen molar-refractivity contribution in [2.45, 2.75) is 37.7 Å². The van der Waals surface area contributed by atoms with Crippen molar-refractivity contribution in [3.05, 3.63) is 29.3 Å². The molecule has 0 aromatic heterocycles. The summed E-state index contributed by atoms with van der Waals surface area (Å²) in [6.07, 6.45) is 2.74. The number of hydrogen-bond acceptors (Lipinski definition) is 5. The van der Waals surface area contributed by atoms with Gasteiger partial charge in [-0.25, -0.2) is 21.6 Å². The van der Waals surface area contributed by atoms with E-state index in [-0.39, 0.29) is 30.6 Å². The van der Waals surface area contributed by atoms with Crippen LogP contribution in [0.3, 0.4) is 0 Å². The zero-order chi connectivity index (χ0) is 18.7. The molecule has 1 fully saturated rings. The number of sulfonamides is 2. The smallest absolute Gasteiger partial charge is 0.240 e. The number of ether oxygens (including phenoxy) is 1. The van der Waals surface area contributed by atoms with Gasteiger partial charge in [-0.1, -0.05) is 12.1 Å². The molecule has 1 unspecified atom stereocenters. The lowest BCUT2D eigenvalue weighted by atomic mass is 10.2. The van der Waals surface area contributed by atoms with Crippen LogP contribution in [-0.2, 0) is 24.8 Å². The summed E-state index contributed by atoms with van der Waals surface area (Å²) in [6.45, 7) is 4.53. The van der Waals surface area contributed by atoms with Crippen molar-refractivity contribution >= 4 is 20.0 Å². The molecule has 0 spiro atoms. The Morgan fingerprint density at radius 3 is 2.56 bits per heavy atom. The summed E-state index contributed by atoms with van der Waals surface area (Å²) in [5.41, 5.74) is 1.50. The zero-order valence-electron chi connectivity index (χ0n) is 14.9. The standard InChI is InChI=1S/C16H26N2O5S2/c1-13-6-7-14(2)16(11-13)25(21,22)17-8-9-18(24(3,19)20)12-15-5-4-10-23-15/h6-7,11,15,17H,4-5,8-10,12H2,1-3H3. The zero-order valence-corrected chi connectivity index (χ0v) is 16.5. The summed E-state index contributed by atoms with van der Waals surface area (Å²) in [6, 6.07) is 5.21.